The van der Waals surface area contributed by atoms with Crippen LogP contribution in [-0.2, 0) is 4.79 Å². The number of rotatable bonds is 4. The molecule has 4 saturated carbocycles. The quantitative estimate of drug-likeness (QED) is 0.830. The van der Waals surface area contributed by atoms with Gasteiger partial charge in [0.1, 0.15) is 0 Å². The fourth-order valence-corrected chi connectivity index (χ4v) is 6.24. The first kappa shape index (κ1) is 13.8. The first-order valence-electron chi connectivity index (χ1n) is 7.68. The number of nitrogen functional groups attached to an aromatic ring is 1. The summed E-state index contributed by atoms with van der Waals surface area (Å²) in [7, 11) is 0. The zero-order valence-corrected chi connectivity index (χ0v) is 13.5. The standard InChI is InChI=1S/C14H20N4OS2/c15-13-17-18-14(21-13)20-6-11(19)16-12-9-2-7-1-8(4-9)5-10(12)3-7/h7-10,12H,1-6H2,(H2,15,17)(H,16,19). The lowest BCUT2D eigenvalue weighted by atomic mass is 9.54. The van der Waals surface area contributed by atoms with E-state index in [0.717, 1.165) is 28.0 Å². The fraction of sp³-hybridized carbons (Fsp3) is 0.786. The third kappa shape index (κ3) is 2.77. The summed E-state index contributed by atoms with van der Waals surface area (Å²) in [5.41, 5.74) is 5.54. The zero-order chi connectivity index (χ0) is 14.4. The Morgan fingerprint density at radius 1 is 1.19 bits per heavy atom. The van der Waals surface area contributed by atoms with Gasteiger partial charge in [-0.05, 0) is 55.8 Å². The number of hydrogen-bond donors (Lipinski definition) is 2. The average Bonchev–Trinajstić information content (AvgIpc) is 2.85. The van der Waals surface area contributed by atoms with Crippen LogP contribution in [0.3, 0.4) is 0 Å². The highest BCUT2D eigenvalue weighted by atomic mass is 32.2. The number of carbonyl (C=O) groups is 1. The van der Waals surface area contributed by atoms with Gasteiger partial charge in [0.15, 0.2) is 4.34 Å². The van der Waals surface area contributed by atoms with Gasteiger partial charge in [0.25, 0.3) is 0 Å². The van der Waals surface area contributed by atoms with Crippen molar-refractivity contribution in [2.75, 3.05) is 11.5 Å². The van der Waals surface area contributed by atoms with Crippen molar-refractivity contribution >= 4 is 34.1 Å². The third-order valence-electron chi connectivity index (χ3n) is 5.30. The van der Waals surface area contributed by atoms with Gasteiger partial charge in [-0.1, -0.05) is 23.1 Å². The van der Waals surface area contributed by atoms with E-state index in [1.807, 2.05) is 0 Å². The number of aromatic nitrogens is 2. The second-order valence-electron chi connectivity index (χ2n) is 6.72. The van der Waals surface area contributed by atoms with E-state index < -0.39 is 0 Å². The number of nitrogens with one attached hydrogen (secondary N) is 1. The summed E-state index contributed by atoms with van der Waals surface area (Å²) < 4.78 is 0.771. The van der Waals surface area contributed by atoms with Crippen molar-refractivity contribution in [2.45, 2.75) is 42.5 Å². The molecule has 0 aliphatic heterocycles. The molecule has 4 aliphatic rings. The second kappa shape index (κ2) is 5.43. The normalized spacial score (nSPS) is 36.9. The molecular weight excluding hydrogens is 304 g/mol. The van der Waals surface area contributed by atoms with Crippen LogP contribution in [0, 0.1) is 23.7 Å². The van der Waals surface area contributed by atoms with Crippen LogP contribution < -0.4 is 11.1 Å². The first-order chi connectivity index (χ1) is 10.2. The number of nitrogens with two attached hydrogens (primary N) is 1. The van der Waals surface area contributed by atoms with Crippen LogP contribution in [-0.4, -0.2) is 27.9 Å². The molecule has 0 spiro atoms. The molecule has 0 radical (unpaired) electrons. The van der Waals surface area contributed by atoms with Crippen LogP contribution >= 0.6 is 23.1 Å². The molecule has 1 aromatic rings. The Morgan fingerprint density at radius 3 is 2.43 bits per heavy atom. The van der Waals surface area contributed by atoms with E-state index in [1.54, 1.807) is 0 Å². The molecule has 4 fully saturated rings. The molecule has 0 unspecified atom stereocenters. The summed E-state index contributed by atoms with van der Waals surface area (Å²) in [5, 5.41) is 11.5. The van der Waals surface area contributed by atoms with E-state index in [-0.39, 0.29) is 5.91 Å². The molecule has 1 amide bonds. The average molecular weight is 324 g/mol. The number of anilines is 1. The van der Waals surface area contributed by atoms with Gasteiger partial charge < -0.3 is 11.1 Å². The molecule has 0 saturated heterocycles. The summed E-state index contributed by atoms with van der Waals surface area (Å²) in [6, 6.07) is 0.422. The van der Waals surface area contributed by atoms with Gasteiger partial charge in [0.05, 0.1) is 5.75 Å². The van der Waals surface area contributed by atoms with Crippen molar-refractivity contribution < 1.29 is 4.79 Å². The molecule has 5 nitrogen and oxygen atoms in total. The maximum atomic E-state index is 12.2. The van der Waals surface area contributed by atoms with Crippen LogP contribution in [0.15, 0.2) is 4.34 Å². The lowest BCUT2D eigenvalue weighted by Gasteiger charge is -2.54. The molecule has 4 aliphatic carbocycles. The van der Waals surface area contributed by atoms with Gasteiger partial charge >= 0.3 is 0 Å². The lowest BCUT2D eigenvalue weighted by molar-refractivity contribution is -0.122. The van der Waals surface area contributed by atoms with Crippen molar-refractivity contribution in [1.29, 1.82) is 0 Å². The van der Waals surface area contributed by atoms with Crippen LogP contribution in [0.1, 0.15) is 32.1 Å². The SMILES string of the molecule is Nc1nnc(SCC(=O)NC2C3CC4CC(C3)CC2C4)s1. The number of amides is 1. The van der Waals surface area contributed by atoms with E-state index in [2.05, 4.69) is 15.5 Å². The van der Waals surface area contributed by atoms with E-state index in [1.165, 1.54) is 55.2 Å². The highest BCUT2D eigenvalue weighted by molar-refractivity contribution is 8.01. The molecule has 4 bridgehead atoms. The molecule has 114 valence electrons. The van der Waals surface area contributed by atoms with Gasteiger partial charge in [0, 0.05) is 6.04 Å². The van der Waals surface area contributed by atoms with E-state index in [9.17, 15) is 4.79 Å². The van der Waals surface area contributed by atoms with Crippen LogP contribution in [0.2, 0.25) is 0 Å². The van der Waals surface area contributed by atoms with Crippen LogP contribution in [0.25, 0.3) is 0 Å². The molecule has 3 N–H and O–H groups in total. The minimum absolute atomic E-state index is 0.131. The molecule has 1 heterocycles. The predicted octanol–water partition coefficient (Wildman–Crippen LogP) is 2.15. The van der Waals surface area contributed by atoms with Crippen molar-refractivity contribution in [1.82, 2.24) is 15.5 Å². The maximum Gasteiger partial charge on any atom is 0.230 e. The maximum absolute atomic E-state index is 12.2. The topological polar surface area (TPSA) is 80.9 Å². The minimum Gasteiger partial charge on any atom is -0.374 e. The minimum atomic E-state index is 0.131. The molecule has 7 heteroatoms. The highest BCUT2D eigenvalue weighted by Crippen LogP contribution is 2.53. The van der Waals surface area contributed by atoms with Gasteiger partial charge in [-0.3, -0.25) is 4.79 Å². The summed E-state index contributed by atoms with van der Waals surface area (Å²) >= 11 is 2.77. The van der Waals surface area contributed by atoms with Gasteiger partial charge in [-0.25, -0.2) is 0 Å². The van der Waals surface area contributed by atoms with Crippen LogP contribution in [0.5, 0.6) is 0 Å². The molecule has 5 rings (SSSR count). The van der Waals surface area contributed by atoms with Crippen molar-refractivity contribution in [3.8, 4) is 0 Å². The molecule has 0 aromatic carbocycles. The molecule has 0 atom stereocenters. The Morgan fingerprint density at radius 2 is 1.86 bits per heavy atom. The number of nitrogens with zero attached hydrogens (tertiary/aromatic N) is 2. The second-order valence-corrected chi connectivity index (χ2v) is 8.95. The van der Waals surface area contributed by atoms with Crippen molar-refractivity contribution in [3.63, 3.8) is 0 Å². The Kier molecular flexibility index (Phi) is 3.57. The lowest BCUT2D eigenvalue weighted by Crippen LogP contribution is -2.56. The van der Waals surface area contributed by atoms with Crippen molar-refractivity contribution in [3.05, 3.63) is 0 Å². The van der Waals surface area contributed by atoms with Gasteiger partial charge in [-0.2, -0.15) is 0 Å². The number of thioether (sulfide) groups is 1. The van der Waals surface area contributed by atoms with E-state index >= 15 is 0 Å². The largest absolute Gasteiger partial charge is 0.374 e. The molecule has 1 aromatic heterocycles. The summed E-state index contributed by atoms with van der Waals surface area (Å²) in [6.45, 7) is 0. The number of hydrogen-bond acceptors (Lipinski definition) is 6. The summed E-state index contributed by atoms with van der Waals surface area (Å²) in [4.78, 5) is 12.2. The van der Waals surface area contributed by atoms with Gasteiger partial charge in [0.2, 0.25) is 11.0 Å². The summed E-state index contributed by atoms with van der Waals surface area (Å²) in [6.07, 6.45) is 6.77. The highest BCUT2D eigenvalue weighted by Gasteiger charge is 2.48. The smallest absolute Gasteiger partial charge is 0.230 e. The number of carbonyl (C=O) groups excluding carboxylic acids is 1. The van der Waals surface area contributed by atoms with E-state index in [4.69, 9.17) is 5.73 Å². The Hall–Kier alpha value is -0.820. The first-order valence-corrected chi connectivity index (χ1v) is 9.48. The Balaban J connectivity index is 1.32. The van der Waals surface area contributed by atoms with Gasteiger partial charge in [-0.15, -0.1) is 10.2 Å². The Labute approximate surface area is 132 Å². The van der Waals surface area contributed by atoms with Crippen molar-refractivity contribution in [2.24, 2.45) is 23.7 Å². The predicted molar refractivity (Wildman–Crippen MR) is 84.0 cm³/mol. The zero-order valence-electron chi connectivity index (χ0n) is 11.8. The van der Waals surface area contributed by atoms with Crippen LogP contribution in [0.4, 0.5) is 5.13 Å². The monoisotopic (exact) mass is 324 g/mol. The fourth-order valence-electron chi connectivity index (χ4n) is 4.79. The Bertz CT molecular complexity index is 519. The molecule has 21 heavy (non-hydrogen) atoms. The summed E-state index contributed by atoms with van der Waals surface area (Å²) in [5.74, 6) is 3.89. The molecular formula is C14H20N4OS2. The third-order valence-corrected chi connectivity index (χ3v) is 7.19. The van der Waals surface area contributed by atoms with E-state index in [0.29, 0.717) is 16.9 Å².